The van der Waals surface area contributed by atoms with Gasteiger partial charge in [-0.25, -0.2) is 0 Å². The van der Waals surface area contributed by atoms with Crippen molar-refractivity contribution in [3.8, 4) is 11.8 Å². The van der Waals surface area contributed by atoms with E-state index in [1.54, 1.807) is 0 Å². The van der Waals surface area contributed by atoms with Gasteiger partial charge in [-0.15, -0.1) is 35.4 Å². The summed E-state index contributed by atoms with van der Waals surface area (Å²) >= 11 is 0. The Balaban J connectivity index is 0.000000443. The van der Waals surface area contributed by atoms with E-state index in [-0.39, 0.29) is 31.9 Å². The van der Waals surface area contributed by atoms with Gasteiger partial charge in [0.15, 0.2) is 0 Å². The number of hydrogen-bond donors (Lipinski definition) is 0. The molecule has 0 radical (unpaired) electrons. The fourth-order valence-electron chi connectivity index (χ4n) is 2.11. The molecule has 0 bridgehead atoms. The number of rotatable bonds is 0. The molecule has 0 N–H and O–H groups in total. The minimum Gasteiger partial charge on any atom is -0.366 e. The molecule has 0 aliphatic heterocycles. The Morgan fingerprint density at radius 3 is 0.960 bits per heavy atom. The quantitative estimate of drug-likeness (QED) is 0.309. The average Bonchev–Trinajstić information content (AvgIpc) is 2.54. The Bertz CT molecular complexity index is 654. The fraction of sp³-hybridized carbons (Fsp3) is 0.333. The largest absolute Gasteiger partial charge is 2.00 e. The van der Waals surface area contributed by atoms with E-state index < -0.39 is 0 Å². The predicted molar refractivity (Wildman–Crippen MR) is 103 cm³/mol. The van der Waals surface area contributed by atoms with Crippen molar-refractivity contribution in [3.05, 3.63) is 83.6 Å². The second kappa shape index (κ2) is 9.66. The third-order valence-electron chi connectivity index (χ3n) is 3.79. The molecule has 0 spiro atoms. The van der Waals surface area contributed by atoms with E-state index >= 15 is 0 Å². The zero-order valence-corrected chi connectivity index (χ0v) is 18.2. The Hall–Kier alpha value is -1.75. The molecule has 0 nitrogen and oxygen atoms in total. The van der Waals surface area contributed by atoms with Crippen LogP contribution >= 0.6 is 0 Å². The maximum Gasteiger partial charge on any atom is 2.00 e. The molecular weight excluding hydrogens is 483 g/mol. The van der Waals surface area contributed by atoms with Gasteiger partial charge in [0, 0.05) is 0 Å². The standard InChI is InChI=1S/2C12H13.Pt/c2*1-5-10-6-8-11(9-7-10)12(2,3)4;/h2*6-9H,2-4H3;/q2*-1;+2. The Labute approximate surface area is 168 Å². The van der Waals surface area contributed by atoms with Crippen molar-refractivity contribution in [3.63, 3.8) is 0 Å². The molecule has 25 heavy (non-hydrogen) atoms. The minimum atomic E-state index is 0. The third kappa shape index (κ3) is 7.78. The molecule has 0 saturated carbocycles. The van der Waals surface area contributed by atoms with Crippen LogP contribution < -0.4 is 0 Å². The molecule has 2 aromatic carbocycles. The van der Waals surface area contributed by atoms with Crippen LogP contribution in [-0.4, -0.2) is 0 Å². The van der Waals surface area contributed by atoms with E-state index in [1.165, 1.54) is 11.1 Å². The maximum atomic E-state index is 6.92. The summed E-state index contributed by atoms with van der Waals surface area (Å²) in [7, 11) is 0. The first-order valence-corrected chi connectivity index (χ1v) is 8.14. The summed E-state index contributed by atoms with van der Waals surface area (Å²) in [6, 6.07) is 15.9. The van der Waals surface area contributed by atoms with Crippen molar-refractivity contribution in [1.82, 2.24) is 0 Å². The number of hydrogen-bond acceptors (Lipinski definition) is 0. The Kier molecular flexibility index (Phi) is 8.98. The molecule has 0 unspecified atom stereocenters. The van der Waals surface area contributed by atoms with Crippen molar-refractivity contribution in [2.75, 3.05) is 0 Å². The molecule has 2 rings (SSSR count). The maximum absolute atomic E-state index is 6.92. The van der Waals surface area contributed by atoms with Crippen molar-refractivity contribution in [2.24, 2.45) is 0 Å². The Morgan fingerprint density at radius 2 is 0.800 bits per heavy atom. The topological polar surface area (TPSA) is 0 Å². The summed E-state index contributed by atoms with van der Waals surface area (Å²) in [5, 5.41) is 0. The summed E-state index contributed by atoms with van der Waals surface area (Å²) in [6.45, 7) is 13.1. The monoisotopic (exact) mass is 509 g/mol. The second-order valence-electron chi connectivity index (χ2n) is 7.90. The molecular formula is C24H26Pt. The average molecular weight is 510 g/mol. The smallest absolute Gasteiger partial charge is 0.366 e. The van der Waals surface area contributed by atoms with Crippen LogP contribution in [0.1, 0.15) is 63.8 Å². The predicted octanol–water partition coefficient (Wildman–Crippen LogP) is 5.84. The molecule has 0 heterocycles. The third-order valence-corrected chi connectivity index (χ3v) is 3.79. The molecule has 1 heteroatoms. The second-order valence-corrected chi connectivity index (χ2v) is 7.90. The molecule has 0 saturated heterocycles. The zero-order valence-electron chi connectivity index (χ0n) is 15.9. The van der Waals surface area contributed by atoms with Gasteiger partial charge in [-0.2, -0.15) is 0 Å². The van der Waals surface area contributed by atoms with Gasteiger partial charge < -0.3 is 12.8 Å². The summed E-state index contributed by atoms with van der Waals surface area (Å²) in [5.74, 6) is 4.71. The van der Waals surface area contributed by atoms with Gasteiger partial charge in [0.25, 0.3) is 0 Å². The first-order valence-electron chi connectivity index (χ1n) is 8.14. The Morgan fingerprint density at radius 1 is 0.560 bits per heavy atom. The fourth-order valence-corrected chi connectivity index (χ4v) is 2.11. The van der Waals surface area contributed by atoms with Crippen LogP contribution in [0.15, 0.2) is 48.5 Å². The number of benzene rings is 2. The van der Waals surface area contributed by atoms with E-state index in [0.29, 0.717) is 0 Å². The van der Waals surface area contributed by atoms with Crippen LogP contribution in [0.4, 0.5) is 0 Å². The van der Waals surface area contributed by atoms with E-state index in [0.717, 1.165) is 11.1 Å². The molecule has 0 aliphatic rings. The van der Waals surface area contributed by atoms with Gasteiger partial charge in [-0.05, 0) is 22.0 Å². The van der Waals surface area contributed by atoms with Gasteiger partial charge >= 0.3 is 21.1 Å². The van der Waals surface area contributed by atoms with Crippen LogP contribution in [0.2, 0.25) is 0 Å². The van der Waals surface area contributed by atoms with E-state index in [2.05, 4.69) is 77.6 Å². The van der Waals surface area contributed by atoms with Gasteiger partial charge in [-0.1, -0.05) is 65.8 Å². The van der Waals surface area contributed by atoms with Crippen molar-refractivity contribution < 1.29 is 21.1 Å². The summed E-state index contributed by atoms with van der Waals surface area (Å²) < 4.78 is 0. The van der Waals surface area contributed by atoms with E-state index in [1.807, 2.05) is 24.3 Å². The van der Waals surface area contributed by atoms with E-state index in [4.69, 9.17) is 12.8 Å². The van der Waals surface area contributed by atoms with Gasteiger partial charge in [0.1, 0.15) is 0 Å². The molecule has 0 aliphatic carbocycles. The van der Waals surface area contributed by atoms with Gasteiger partial charge in [0.05, 0.1) is 0 Å². The van der Waals surface area contributed by atoms with Crippen LogP contribution in [0.25, 0.3) is 0 Å². The van der Waals surface area contributed by atoms with Crippen LogP contribution in [0.3, 0.4) is 0 Å². The van der Waals surface area contributed by atoms with Crippen molar-refractivity contribution in [2.45, 2.75) is 52.4 Å². The zero-order chi connectivity index (χ0) is 18.4. The van der Waals surface area contributed by atoms with Crippen LogP contribution in [0.5, 0.6) is 0 Å². The molecule has 132 valence electrons. The molecule has 0 amide bonds. The van der Waals surface area contributed by atoms with Gasteiger partial charge in [0.2, 0.25) is 0 Å². The first-order chi connectivity index (χ1) is 11.1. The summed E-state index contributed by atoms with van der Waals surface area (Å²) in [6.07, 6.45) is 13.8. The molecule has 0 aromatic heterocycles. The summed E-state index contributed by atoms with van der Waals surface area (Å²) in [4.78, 5) is 0. The molecule has 0 fully saturated rings. The SMILES string of the molecule is [C-]#Cc1ccc(C(C)(C)C)cc1.[C-]#Cc1ccc(C(C)(C)C)cc1.[Pt+2]. The summed E-state index contributed by atoms with van der Waals surface area (Å²) in [5.41, 5.74) is 4.65. The van der Waals surface area contributed by atoms with Gasteiger partial charge in [-0.3, -0.25) is 11.8 Å². The minimum absolute atomic E-state index is 0. The van der Waals surface area contributed by atoms with Crippen LogP contribution in [0, 0.1) is 24.7 Å². The first kappa shape index (κ1) is 23.2. The molecule has 0 atom stereocenters. The van der Waals surface area contributed by atoms with E-state index in [9.17, 15) is 0 Å². The van der Waals surface area contributed by atoms with Crippen molar-refractivity contribution >= 4 is 0 Å². The normalized spacial score (nSPS) is 10.4. The van der Waals surface area contributed by atoms with Crippen LogP contribution in [-0.2, 0) is 31.9 Å². The molecule has 2 aromatic rings. The van der Waals surface area contributed by atoms with Crippen molar-refractivity contribution in [1.29, 1.82) is 0 Å².